The molecule has 4 bridgehead atoms. The predicted octanol–water partition coefficient (Wildman–Crippen LogP) is 1.06. The van der Waals surface area contributed by atoms with Gasteiger partial charge in [-0.15, -0.1) is 0 Å². The number of hydrogen-bond donors (Lipinski definition) is 0. The molecule has 4 aliphatic heterocycles. The molecule has 4 saturated heterocycles. The summed E-state index contributed by atoms with van der Waals surface area (Å²) in [5.74, 6) is 0. The van der Waals surface area contributed by atoms with Crippen molar-refractivity contribution in [2.75, 3.05) is 0 Å². The number of thiol groups is 1. The summed E-state index contributed by atoms with van der Waals surface area (Å²) in [6.45, 7) is 0. The van der Waals surface area contributed by atoms with E-state index < -0.39 is 14.6 Å². The van der Waals surface area contributed by atoms with E-state index in [9.17, 15) is 0 Å². The van der Waals surface area contributed by atoms with Gasteiger partial charge in [0.2, 0.25) is 0 Å². The predicted molar refractivity (Wildman–Crippen MR) is 111 cm³/mol. The molecule has 0 aromatic carbocycles. The van der Waals surface area contributed by atoms with Gasteiger partial charge in [0, 0.05) is 0 Å². The quantitative estimate of drug-likeness (QED) is 0.207. The Balaban J connectivity index is 0.000000853. The Labute approximate surface area is 175 Å². The molecule has 0 unspecified atom stereocenters. The Morgan fingerprint density at radius 3 is 0.706 bits per heavy atom. The molecular weight excluding hydrogens is 491 g/mol. The van der Waals surface area contributed by atoms with Crippen molar-refractivity contribution in [1.82, 2.24) is 0 Å². The monoisotopic (exact) mass is 491 g/mol. The first-order valence-corrected chi connectivity index (χ1v) is 26.3. The molecule has 0 atom stereocenters. The van der Waals surface area contributed by atoms with E-state index in [0.717, 1.165) is 0 Å². The zero-order chi connectivity index (χ0) is 10.2. The molecule has 0 radical (unpaired) electrons. The summed E-state index contributed by atoms with van der Waals surface area (Å²) in [6.07, 6.45) is 0. The molecule has 0 nitrogen and oxygen atoms in total. The van der Waals surface area contributed by atoms with Gasteiger partial charge in [-0.1, -0.05) is 47.2 Å². The minimum atomic E-state index is -1.41. The third kappa shape index (κ3) is 5.11. The average Bonchev–Trinajstić information content (AvgIpc) is 1.67. The van der Waals surface area contributed by atoms with Crippen LogP contribution in [0.15, 0.2) is 0 Å². The Bertz CT molecular complexity index is 353. The third-order valence-corrected chi connectivity index (χ3v) is 97.2. The molecule has 0 spiro atoms. The molecule has 88 valence electrons. The zero-order valence-electron chi connectivity index (χ0n) is 8.32. The maximum absolute atomic E-state index is 5.75. The minimum Gasteiger partial charge on any atom is -0.813 e. The van der Waals surface area contributed by atoms with E-state index >= 15 is 0 Å². The molecule has 4 fully saturated rings. The summed E-state index contributed by atoms with van der Waals surface area (Å²) < 4.78 is -5.64. The fourth-order valence-electron chi connectivity index (χ4n) is 0.914. The van der Waals surface area contributed by atoms with Crippen LogP contribution in [-0.4, -0.2) is 0 Å². The summed E-state index contributed by atoms with van der Waals surface area (Å²) in [5, 5.41) is 0. The van der Waals surface area contributed by atoms with Crippen LogP contribution in [0.3, 0.4) is 0 Å². The Morgan fingerprint density at radius 2 is 0.588 bits per heavy atom. The molecule has 0 aromatic heterocycles. The normalized spacial score (nSPS) is 54.1. The van der Waals surface area contributed by atoms with Crippen LogP contribution in [0.5, 0.6) is 0 Å². The van der Waals surface area contributed by atoms with Gasteiger partial charge in [-0.05, 0) is 66.0 Å². The van der Waals surface area contributed by atoms with E-state index in [1.807, 2.05) is 66.0 Å². The van der Waals surface area contributed by atoms with Gasteiger partial charge in [0.25, 0.3) is 0 Å². The van der Waals surface area contributed by atoms with Gasteiger partial charge < -0.3 is 13.5 Å². The molecule has 0 N–H and O–H groups in total. The van der Waals surface area contributed by atoms with Crippen molar-refractivity contribution in [2.24, 2.45) is 0 Å². The van der Waals surface area contributed by atoms with Gasteiger partial charge in [-0.25, -0.2) is 0 Å². The van der Waals surface area contributed by atoms with Crippen LogP contribution < -0.4 is 37.7 Å². The van der Waals surface area contributed by atoms with Crippen LogP contribution in [0.25, 0.3) is 0 Å². The standard InChI is InChI=1S/2Li.P4S10.H2S/c;;5-1-9-2(6)12-3(7,10-1)14-4(8,11-1)13-2;/h;;;1H2/q2*+1;;/p-1. The maximum atomic E-state index is 5.75. The summed E-state index contributed by atoms with van der Waals surface area (Å²) in [7, 11) is 0. The molecule has 4 rings (SSSR count). The van der Waals surface area contributed by atoms with Crippen molar-refractivity contribution in [3.63, 3.8) is 0 Å². The Morgan fingerprint density at radius 1 is 0.471 bits per heavy atom. The molecule has 17 heavy (non-hydrogen) atoms. The summed E-state index contributed by atoms with van der Waals surface area (Å²) in [6, 6.07) is 0. The molecule has 17 heteroatoms. The Hall–Kier alpha value is 6.24. The van der Waals surface area contributed by atoms with Crippen molar-refractivity contribution in [3.05, 3.63) is 0 Å². The van der Waals surface area contributed by atoms with Crippen molar-refractivity contribution < 1.29 is 37.7 Å². The second kappa shape index (κ2) is 7.64. The molecule has 0 saturated carbocycles. The fraction of sp³-hybridized carbons (Fsp3) is 0. The van der Waals surface area contributed by atoms with Crippen molar-refractivity contribution in [1.29, 1.82) is 0 Å². The first-order chi connectivity index (χ1) is 6.24. The third-order valence-electron chi connectivity index (χ3n) is 1.20. The first kappa shape index (κ1) is 23.2. The van der Waals surface area contributed by atoms with E-state index in [-0.39, 0.29) is 51.2 Å². The number of rotatable bonds is 0. The smallest absolute Gasteiger partial charge is 0.813 e. The van der Waals surface area contributed by atoms with Crippen LogP contribution in [0, 0.1) is 0 Å². The topological polar surface area (TPSA) is 0 Å². The van der Waals surface area contributed by atoms with E-state index in [2.05, 4.69) is 0 Å². The second-order valence-electron chi connectivity index (χ2n) is 2.28. The summed E-state index contributed by atoms with van der Waals surface area (Å²) in [4.78, 5) is 0. The van der Waals surface area contributed by atoms with E-state index in [4.69, 9.17) is 47.2 Å². The van der Waals surface area contributed by atoms with Crippen LogP contribution in [0.2, 0.25) is 0 Å². The minimum absolute atomic E-state index is 0. The van der Waals surface area contributed by atoms with E-state index in [1.165, 1.54) is 0 Å². The van der Waals surface area contributed by atoms with Crippen molar-refractivity contribution in [3.8, 4) is 0 Å². The second-order valence-corrected chi connectivity index (χ2v) is 61.5. The Kier molecular flexibility index (Phi) is 10.5. The van der Waals surface area contributed by atoms with Crippen LogP contribution in [0.1, 0.15) is 0 Å². The van der Waals surface area contributed by atoms with E-state index in [0.29, 0.717) is 0 Å². The van der Waals surface area contributed by atoms with Crippen molar-refractivity contribution >= 4 is 141 Å². The first-order valence-electron chi connectivity index (χ1n) is 2.92. The summed E-state index contributed by atoms with van der Waals surface area (Å²) in [5.41, 5.74) is 0. The van der Waals surface area contributed by atoms with Gasteiger partial charge in [0.1, 0.15) is 14.6 Å². The van der Waals surface area contributed by atoms with Gasteiger partial charge in [0.15, 0.2) is 0 Å². The van der Waals surface area contributed by atoms with Crippen molar-refractivity contribution in [2.45, 2.75) is 0 Å². The largest absolute Gasteiger partial charge is 1.00 e. The molecule has 0 aromatic rings. The van der Waals surface area contributed by atoms with Gasteiger partial charge >= 0.3 is 37.7 Å². The van der Waals surface area contributed by atoms with Gasteiger partial charge in [-0.3, -0.25) is 0 Å². The fourth-order valence-corrected chi connectivity index (χ4v) is 222. The molecule has 0 aliphatic carbocycles. The van der Waals surface area contributed by atoms with Crippen LogP contribution in [0.4, 0.5) is 0 Å². The molecule has 4 aliphatic rings. The SMILES string of the molecule is S=P12SP3(=S)SP(=S)(S1)SP(=S)(S2)S3.[Li+].[Li+].[SH-]. The van der Waals surface area contributed by atoms with E-state index in [1.54, 1.807) is 0 Å². The average molecular weight is 492 g/mol. The summed E-state index contributed by atoms with van der Waals surface area (Å²) >= 11 is 34.5. The molecular formula is HLi2P4S11+. The van der Waals surface area contributed by atoms with Crippen LogP contribution in [-0.2, 0) is 60.7 Å². The molecule has 4 heterocycles. The zero-order valence-corrected chi connectivity index (χ0v) is 21.0. The maximum Gasteiger partial charge on any atom is 1.00 e. The van der Waals surface area contributed by atoms with Crippen LogP contribution >= 0.6 is 80.6 Å². The van der Waals surface area contributed by atoms with Gasteiger partial charge in [-0.2, -0.15) is 0 Å². The number of hydrogen-bond acceptors (Lipinski definition) is 11. The molecule has 0 amide bonds. The van der Waals surface area contributed by atoms with Gasteiger partial charge in [0.05, 0.1) is 0 Å².